The van der Waals surface area contributed by atoms with Gasteiger partial charge in [0.2, 0.25) is 0 Å². The smallest absolute Gasteiger partial charge is 0.195 e. The topological polar surface area (TPSA) is 183 Å². The van der Waals surface area contributed by atoms with E-state index in [0.29, 0.717) is 56.4 Å². The third-order valence-corrected chi connectivity index (χ3v) is 6.44. The molecule has 240 valence electrons. The number of pyridine rings is 2. The summed E-state index contributed by atoms with van der Waals surface area (Å²) in [5, 5.41) is 7.19. The van der Waals surface area contributed by atoms with Crippen molar-refractivity contribution in [2.45, 2.75) is 0 Å². The van der Waals surface area contributed by atoms with Crippen molar-refractivity contribution in [3.63, 3.8) is 0 Å². The Bertz CT molecular complexity index is 1550. The van der Waals surface area contributed by atoms with Crippen LogP contribution in [0.25, 0.3) is 0 Å². The fourth-order valence-electron chi connectivity index (χ4n) is 4.44. The number of ketones is 2. The summed E-state index contributed by atoms with van der Waals surface area (Å²) < 4.78 is 28.5. The third-order valence-electron chi connectivity index (χ3n) is 6.44. The predicted molar refractivity (Wildman–Crippen MR) is 167 cm³/mol. The average Bonchev–Trinajstić information content (AvgIpc) is 3.08. The Balaban J connectivity index is 0.00000576. The number of nitrogens with two attached hydrogens (primary N) is 2. The van der Waals surface area contributed by atoms with Gasteiger partial charge in [-0.05, 0) is 48.5 Å². The summed E-state index contributed by atoms with van der Waals surface area (Å²) >= 11 is 0. The predicted octanol–water partition coefficient (Wildman–Crippen LogP) is 3.01. The van der Waals surface area contributed by atoms with Gasteiger partial charge in [0.1, 0.15) is 13.2 Å². The van der Waals surface area contributed by atoms with Crippen molar-refractivity contribution in [2.24, 2.45) is 21.9 Å². The summed E-state index contributed by atoms with van der Waals surface area (Å²) in [5.41, 5.74) is 2.24. The van der Waals surface area contributed by atoms with Crippen molar-refractivity contribution < 1.29 is 50.3 Å². The van der Waals surface area contributed by atoms with Gasteiger partial charge in [0, 0.05) is 64.1 Å². The molecule has 0 aliphatic carbocycles. The maximum atomic E-state index is 13.1. The van der Waals surface area contributed by atoms with Gasteiger partial charge in [-0.25, -0.2) is 0 Å². The Labute approximate surface area is 276 Å². The second-order valence-corrected chi connectivity index (χ2v) is 9.12. The molecule has 0 saturated heterocycles. The molecular weight excluding hydrogens is 636 g/mol. The van der Waals surface area contributed by atoms with E-state index in [1.807, 2.05) is 0 Å². The summed E-state index contributed by atoms with van der Waals surface area (Å²) in [4.78, 5) is 34.2. The van der Waals surface area contributed by atoms with E-state index in [1.54, 1.807) is 60.9 Å². The van der Waals surface area contributed by atoms with E-state index >= 15 is 0 Å². The number of carbonyl (C=O) groups is 2. The average molecular weight is 668 g/mol. The zero-order chi connectivity index (χ0) is 32.0. The van der Waals surface area contributed by atoms with E-state index in [-0.39, 0.29) is 55.1 Å². The molecule has 2 aromatic heterocycles. The van der Waals surface area contributed by atoms with Gasteiger partial charge in [-0.3, -0.25) is 19.6 Å². The molecule has 0 aliphatic heterocycles. The molecule has 0 bridgehead atoms. The van der Waals surface area contributed by atoms with Crippen molar-refractivity contribution in [3.8, 4) is 23.0 Å². The first-order valence-corrected chi connectivity index (χ1v) is 13.6. The minimum Gasteiger partial charge on any atom is -0.492 e. The van der Waals surface area contributed by atoms with Crippen LogP contribution < -0.4 is 30.6 Å². The Morgan fingerprint density at radius 1 is 0.696 bits per heavy atom. The summed E-state index contributed by atoms with van der Waals surface area (Å²) in [5.74, 6) is 11.7. The van der Waals surface area contributed by atoms with Crippen LogP contribution in [0.15, 0.2) is 83.5 Å². The van der Waals surface area contributed by atoms with Gasteiger partial charge in [-0.15, -0.1) is 0 Å². The Morgan fingerprint density at radius 2 is 1.13 bits per heavy atom. The molecule has 4 N–H and O–H groups in total. The monoisotopic (exact) mass is 668 g/mol. The van der Waals surface area contributed by atoms with Crippen molar-refractivity contribution >= 4 is 24.0 Å². The third kappa shape index (κ3) is 8.45. The van der Waals surface area contributed by atoms with Gasteiger partial charge < -0.3 is 35.4 Å². The molecule has 0 fully saturated rings. The first kappa shape index (κ1) is 35.2. The van der Waals surface area contributed by atoms with Crippen LogP contribution in [0.2, 0.25) is 0 Å². The maximum absolute atomic E-state index is 13.1. The minimum absolute atomic E-state index is 0. The molecule has 0 unspecified atom stereocenters. The van der Waals surface area contributed by atoms with E-state index in [0.717, 1.165) is 0 Å². The number of hydrogen-bond donors (Lipinski definition) is 2. The number of aromatic nitrogens is 2. The van der Waals surface area contributed by atoms with E-state index in [1.165, 1.54) is 39.0 Å². The Morgan fingerprint density at radius 3 is 1.48 bits per heavy atom. The minimum atomic E-state index is -0.264. The molecule has 0 aliphatic rings. The van der Waals surface area contributed by atoms with E-state index < -0.39 is 0 Å². The Hall–Kier alpha value is -5.30. The van der Waals surface area contributed by atoms with Crippen LogP contribution in [0, 0.1) is 0 Å². The summed E-state index contributed by atoms with van der Waals surface area (Å²) in [6.45, 7) is 0.808. The van der Waals surface area contributed by atoms with E-state index in [2.05, 4.69) is 20.2 Å². The van der Waals surface area contributed by atoms with Gasteiger partial charge in [0.15, 0.2) is 34.6 Å². The van der Waals surface area contributed by atoms with Crippen LogP contribution in [0.4, 0.5) is 0 Å². The molecule has 4 rings (SSSR count). The fourth-order valence-corrected chi connectivity index (χ4v) is 4.44. The van der Waals surface area contributed by atoms with Gasteiger partial charge in [-0.2, -0.15) is 10.2 Å². The van der Waals surface area contributed by atoms with Crippen LogP contribution in [-0.4, -0.2) is 74.6 Å². The number of hydrazone groups is 2. The molecule has 14 heteroatoms. The fraction of sp³-hybridized carbons (Fsp3) is 0.188. The SMILES string of the molecule is COc1c(OCCOCCOc2ccc(C(=O)c3cccnc3)c(C=NN)c2OC)ccc(C(=O)c2cccnc2)c1C=NN.[Fe]. The molecule has 4 aromatic rings. The molecule has 2 aromatic carbocycles. The molecule has 2 heterocycles. The van der Waals surface area contributed by atoms with Crippen LogP contribution >= 0.6 is 0 Å². The molecule has 46 heavy (non-hydrogen) atoms. The van der Waals surface area contributed by atoms with Crippen molar-refractivity contribution in [1.29, 1.82) is 0 Å². The molecule has 0 atom stereocenters. The zero-order valence-electron chi connectivity index (χ0n) is 25.1. The zero-order valence-corrected chi connectivity index (χ0v) is 26.2. The van der Waals surface area contributed by atoms with E-state index in [4.69, 9.17) is 35.4 Å². The van der Waals surface area contributed by atoms with Crippen LogP contribution in [-0.2, 0) is 21.8 Å². The van der Waals surface area contributed by atoms with Crippen LogP contribution in [0.3, 0.4) is 0 Å². The van der Waals surface area contributed by atoms with Crippen molar-refractivity contribution in [2.75, 3.05) is 40.6 Å². The van der Waals surface area contributed by atoms with Crippen LogP contribution in [0.5, 0.6) is 23.0 Å². The number of benzene rings is 2. The molecule has 0 amide bonds. The van der Waals surface area contributed by atoms with E-state index in [9.17, 15) is 9.59 Å². The summed E-state index contributed by atoms with van der Waals surface area (Å²) in [6, 6.07) is 13.2. The van der Waals surface area contributed by atoms with Gasteiger partial charge >= 0.3 is 0 Å². The number of nitrogens with zero attached hydrogens (tertiary/aromatic N) is 4. The second kappa shape index (κ2) is 17.9. The summed E-state index contributed by atoms with van der Waals surface area (Å²) in [7, 11) is 2.92. The Kier molecular flexibility index (Phi) is 13.7. The number of hydrogen-bond acceptors (Lipinski definition) is 13. The molecular formula is C32H32FeN6O7. The van der Waals surface area contributed by atoms with Crippen molar-refractivity contribution in [1.82, 2.24) is 9.97 Å². The first-order valence-electron chi connectivity index (χ1n) is 13.6. The van der Waals surface area contributed by atoms with Crippen LogP contribution in [0.1, 0.15) is 43.0 Å². The van der Waals surface area contributed by atoms with Gasteiger partial charge in [-0.1, -0.05) is 0 Å². The largest absolute Gasteiger partial charge is 0.492 e. The number of rotatable bonds is 16. The molecule has 0 saturated carbocycles. The standard InChI is InChI=1S/C32H32N6O7.Fe/c1-41-31-25(19-37-33)23(29(39)21-5-3-11-35-17-21)7-9-27(31)44-15-13-43-14-16-45-28-10-8-24(26(20-38-34)32(28)42-2)30(40)22-6-4-12-36-18-22;/h3-12,17-20H,13-16,33-34H2,1-2H3;. The van der Waals surface area contributed by atoms with Crippen molar-refractivity contribution in [3.05, 3.63) is 107 Å². The molecule has 0 spiro atoms. The maximum Gasteiger partial charge on any atom is 0.195 e. The number of methoxy groups -OCH3 is 2. The second-order valence-electron chi connectivity index (χ2n) is 9.12. The molecule has 13 nitrogen and oxygen atoms in total. The summed E-state index contributed by atoms with van der Waals surface area (Å²) in [6.07, 6.45) is 8.80. The first-order chi connectivity index (χ1) is 22.0. The van der Waals surface area contributed by atoms with Gasteiger partial charge in [0.25, 0.3) is 0 Å². The quantitative estimate of drug-likeness (QED) is 0.0447. The number of carbonyl (C=O) groups excluding carboxylic acids is 2. The number of ether oxygens (including phenoxy) is 5. The molecule has 0 radical (unpaired) electrons. The normalized spacial score (nSPS) is 10.8. The van der Waals surface area contributed by atoms with Gasteiger partial charge in [0.05, 0.1) is 51.0 Å².